The number of aromatic amines is 1. The maximum atomic E-state index is 12.4. The van der Waals surface area contributed by atoms with E-state index >= 15 is 0 Å². The van der Waals surface area contributed by atoms with Crippen LogP contribution < -0.4 is 11.5 Å². The summed E-state index contributed by atoms with van der Waals surface area (Å²) in [6.45, 7) is 0. The lowest BCUT2D eigenvalue weighted by atomic mass is 10.2. The molecule has 0 bridgehead atoms. The molecule has 17 heavy (non-hydrogen) atoms. The Bertz CT molecular complexity index is 603. The van der Waals surface area contributed by atoms with E-state index in [0.717, 1.165) is 6.20 Å². The van der Waals surface area contributed by atoms with Crippen molar-refractivity contribution in [2.75, 3.05) is 5.73 Å². The molecule has 0 aliphatic heterocycles. The van der Waals surface area contributed by atoms with Gasteiger partial charge in [0.15, 0.2) is 0 Å². The van der Waals surface area contributed by atoms with Crippen LogP contribution in [0.25, 0.3) is 11.0 Å². The fourth-order valence-electron chi connectivity index (χ4n) is 1.38. The van der Waals surface area contributed by atoms with Crippen LogP contribution in [0.15, 0.2) is 6.20 Å². The highest BCUT2D eigenvalue weighted by atomic mass is 19.4. The predicted octanol–water partition coefficient (Wildman–Crippen LogP) is 0.658. The third kappa shape index (κ3) is 1.75. The molecule has 0 saturated carbocycles. The zero-order valence-corrected chi connectivity index (χ0v) is 8.17. The first-order chi connectivity index (χ1) is 7.80. The van der Waals surface area contributed by atoms with E-state index in [1.165, 1.54) is 0 Å². The van der Waals surface area contributed by atoms with E-state index in [2.05, 4.69) is 15.0 Å². The maximum absolute atomic E-state index is 12.4. The summed E-state index contributed by atoms with van der Waals surface area (Å²) in [5, 5.41) is -0.00880. The number of alkyl halides is 3. The van der Waals surface area contributed by atoms with Crippen molar-refractivity contribution in [3.63, 3.8) is 0 Å². The molecule has 0 aliphatic rings. The Balaban J connectivity index is 2.74. The minimum absolute atomic E-state index is 0.00880. The third-order valence-electron chi connectivity index (χ3n) is 2.08. The normalized spacial score (nSPS) is 11.9. The first-order valence-corrected chi connectivity index (χ1v) is 4.32. The number of hydrogen-bond donors (Lipinski definition) is 3. The second kappa shape index (κ2) is 3.34. The van der Waals surface area contributed by atoms with E-state index < -0.39 is 23.7 Å². The second-order valence-electron chi connectivity index (χ2n) is 3.22. The number of nitrogens with one attached hydrogen (secondary N) is 1. The van der Waals surface area contributed by atoms with Crippen LogP contribution >= 0.6 is 0 Å². The quantitative estimate of drug-likeness (QED) is 0.685. The molecule has 2 aromatic heterocycles. The van der Waals surface area contributed by atoms with Crippen LogP contribution in [-0.4, -0.2) is 20.9 Å². The van der Waals surface area contributed by atoms with Crippen LogP contribution in [0.4, 0.5) is 19.0 Å². The van der Waals surface area contributed by atoms with Crippen molar-refractivity contribution in [3.8, 4) is 0 Å². The van der Waals surface area contributed by atoms with Gasteiger partial charge in [0, 0.05) is 6.20 Å². The number of anilines is 1. The molecule has 0 unspecified atom stereocenters. The van der Waals surface area contributed by atoms with Crippen LogP contribution in [0.1, 0.15) is 16.2 Å². The topological polar surface area (TPSA) is 111 Å². The minimum Gasteiger partial charge on any atom is -0.383 e. The molecular formula is C8H6F3N5O. The van der Waals surface area contributed by atoms with Crippen molar-refractivity contribution >= 4 is 22.8 Å². The molecule has 0 saturated heterocycles. The summed E-state index contributed by atoms with van der Waals surface area (Å²) < 4.78 is 37.1. The molecule has 9 heteroatoms. The molecule has 0 aliphatic carbocycles. The summed E-state index contributed by atoms with van der Waals surface area (Å²) in [5.41, 5.74) is 10.2. The van der Waals surface area contributed by atoms with Gasteiger partial charge in [-0.2, -0.15) is 13.2 Å². The lowest BCUT2D eigenvalue weighted by Gasteiger charge is -2.06. The van der Waals surface area contributed by atoms with Gasteiger partial charge in [-0.3, -0.25) is 4.79 Å². The molecule has 0 spiro atoms. The number of carbonyl (C=O) groups is 1. The zero-order valence-electron chi connectivity index (χ0n) is 8.17. The smallest absolute Gasteiger partial charge is 0.383 e. The summed E-state index contributed by atoms with van der Waals surface area (Å²) in [4.78, 5) is 19.7. The largest absolute Gasteiger partial charge is 0.451 e. The van der Waals surface area contributed by atoms with E-state index in [4.69, 9.17) is 11.5 Å². The summed E-state index contributed by atoms with van der Waals surface area (Å²) in [5.74, 6) is -2.65. The number of amides is 1. The monoisotopic (exact) mass is 245 g/mol. The summed E-state index contributed by atoms with van der Waals surface area (Å²) in [6.07, 6.45) is -3.57. The molecule has 0 radical (unpaired) electrons. The highest BCUT2D eigenvalue weighted by Crippen LogP contribution is 2.30. The van der Waals surface area contributed by atoms with E-state index in [-0.39, 0.29) is 16.6 Å². The average Bonchev–Trinajstić information content (AvgIpc) is 2.60. The number of carbonyl (C=O) groups excluding carboxylic acids is 1. The van der Waals surface area contributed by atoms with Gasteiger partial charge in [-0.25, -0.2) is 9.97 Å². The van der Waals surface area contributed by atoms with Crippen LogP contribution in [0.3, 0.4) is 0 Å². The molecule has 5 N–H and O–H groups in total. The molecule has 2 aromatic rings. The van der Waals surface area contributed by atoms with Gasteiger partial charge in [-0.05, 0) is 0 Å². The SMILES string of the molecule is NC(=O)c1c[nH]c2nc(C(F)(F)F)nc(N)c12. The van der Waals surface area contributed by atoms with Gasteiger partial charge in [-0.1, -0.05) is 0 Å². The van der Waals surface area contributed by atoms with Crippen molar-refractivity contribution in [1.82, 2.24) is 15.0 Å². The summed E-state index contributed by atoms with van der Waals surface area (Å²) in [7, 11) is 0. The Kier molecular flexibility index (Phi) is 2.19. The number of H-pyrrole nitrogens is 1. The molecule has 90 valence electrons. The van der Waals surface area contributed by atoms with E-state index in [0.29, 0.717) is 0 Å². The van der Waals surface area contributed by atoms with E-state index in [1.807, 2.05) is 0 Å². The number of nitrogen functional groups attached to an aromatic ring is 1. The number of aromatic nitrogens is 3. The van der Waals surface area contributed by atoms with Gasteiger partial charge >= 0.3 is 6.18 Å². The number of nitrogens with zero attached hydrogens (tertiary/aromatic N) is 2. The van der Waals surface area contributed by atoms with Gasteiger partial charge in [0.25, 0.3) is 5.91 Å². The molecule has 0 aromatic carbocycles. The Morgan fingerprint density at radius 2 is 2.00 bits per heavy atom. The molecular weight excluding hydrogens is 239 g/mol. The second-order valence-corrected chi connectivity index (χ2v) is 3.22. The minimum atomic E-state index is -4.71. The third-order valence-corrected chi connectivity index (χ3v) is 2.08. The summed E-state index contributed by atoms with van der Waals surface area (Å²) in [6, 6.07) is 0. The van der Waals surface area contributed by atoms with Crippen molar-refractivity contribution < 1.29 is 18.0 Å². The van der Waals surface area contributed by atoms with E-state index in [1.54, 1.807) is 0 Å². The average molecular weight is 245 g/mol. The fourth-order valence-corrected chi connectivity index (χ4v) is 1.38. The fraction of sp³-hybridized carbons (Fsp3) is 0.125. The predicted molar refractivity (Wildman–Crippen MR) is 51.8 cm³/mol. The summed E-state index contributed by atoms with van der Waals surface area (Å²) >= 11 is 0. The van der Waals surface area contributed by atoms with Gasteiger partial charge < -0.3 is 16.5 Å². The number of primary amides is 1. The molecule has 0 atom stereocenters. The standard InChI is InChI=1S/C8H6F3N5O/c9-8(10,11)7-15-4(12)3-2(5(13)17)1-14-6(3)16-7/h1H,(H2,13,17)(H3,12,14,15,16). The number of fused-ring (bicyclic) bond motifs is 1. The highest BCUT2D eigenvalue weighted by molar-refractivity contribution is 6.08. The molecule has 0 fully saturated rings. The molecule has 2 rings (SSSR count). The molecule has 1 amide bonds. The first-order valence-electron chi connectivity index (χ1n) is 4.32. The van der Waals surface area contributed by atoms with Crippen LogP contribution in [0.2, 0.25) is 0 Å². The van der Waals surface area contributed by atoms with Crippen LogP contribution in [-0.2, 0) is 6.18 Å². The number of rotatable bonds is 1. The first kappa shape index (κ1) is 11.2. The Labute approximate surface area is 91.8 Å². The van der Waals surface area contributed by atoms with Crippen molar-refractivity contribution in [3.05, 3.63) is 17.6 Å². The number of halogens is 3. The lowest BCUT2D eigenvalue weighted by molar-refractivity contribution is -0.144. The van der Waals surface area contributed by atoms with Crippen molar-refractivity contribution in [1.29, 1.82) is 0 Å². The molecule has 2 heterocycles. The van der Waals surface area contributed by atoms with E-state index in [9.17, 15) is 18.0 Å². The van der Waals surface area contributed by atoms with Crippen LogP contribution in [0, 0.1) is 0 Å². The van der Waals surface area contributed by atoms with Crippen molar-refractivity contribution in [2.45, 2.75) is 6.18 Å². The number of hydrogen-bond acceptors (Lipinski definition) is 4. The Hall–Kier alpha value is -2.32. The van der Waals surface area contributed by atoms with Crippen molar-refractivity contribution in [2.24, 2.45) is 5.73 Å². The Morgan fingerprint density at radius 3 is 2.53 bits per heavy atom. The van der Waals surface area contributed by atoms with Gasteiger partial charge in [-0.15, -0.1) is 0 Å². The lowest BCUT2D eigenvalue weighted by Crippen LogP contribution is -2.14. The van der Waals surface area contributed by atoms with Gasteiger partial charge in [0.1, 0.15) is 11.5 Å². The number of nitrogens with two attached hydrogens (primary N) is 2. The molecule has 6 nitrogen and oxygen atoms in total. The highest BCUT2D eigenvalue weighted by Gasteiger charge is 2.36. The zero-order chi connectivity index (χ0) is 12.8. The van der Waals surface area contributed by atoms with Crippen LogP contribution in [0.5, 0.6) is 0 Å². The van der Waals surface area contributed by atoms with Gasteiger partial charge in [0.2, 0.25) is 5.82 Å². The maximum Gasteiger partial charge on any atom is 0.451 e. The van der Waals surface area contributed by atoms with Gasteiger partial charge in [0.05, 0.1) is 10.9 Å². The Morgan fingerprint density at radius 1 is 1.35 bits per heavy atom.